The third-order valence-electron chi connectivity index (χ3n) is 4.22. The molecule has 1 N–H and O–H groups in total. The fraction of sp³-hybridized carbons (Fsp3) is 0.381. The van der Waals surface area contributed by atoms with Crippen molar-refractivity contribution >= 4 is 21.6 Å². The zero-order valence-electron chi connectivity index (χ0n) is 17.1. The number of hydrogen-bond donors (Lipinski definition) is 1. The average Bonchev–Trinajstić information content (AvgIpc) is 2.63. The van der Waals surface area contributed by atoms with Gasteiger partial charge < -0.3 is 10.1 Å². The van der Waals surface area contributed by atoms with Crippen LogP contribution in [0.25, 0.3) is 0 Å². The molecule has 2 rings (SSSR count). The fourth-order valence-corrected chi connectivity index (χ4v) is 3.46. The molecule has 2 aromatic rings. The van der Waals surface area contributed by atoms with Crippen LogP contribution in [0.2, 0.25) is 0 Å². The molecule has 0 bridgehead atoms. The summed E-state index contributed by atoms with van der Waals surface area (Å²) in [6.07, 6.45) is 1.07. The number of hydrogen-bond acceptors (Lipinski definition) is 4. The standard InChI is InChI=1S/C21H27FN2O4S/c1-21(2,3)16-5-9-18(10-6-16)24(29(4,26)27)15-20(25)23-13-14-28-19-11-7-17(22)8-12-19/h5-12H,13-15H2,1-4H3,(H,23,25). The Labute approximate surface area is 171 Å². The summed E-state index contributed by atoms with van der Waals surface area (Å²) in [5.74, 6) is -0.322. The lowest BCUT2D eigenvalue weighted by Gasteiger charge is -2.24. The first-order chi connectivity index (χ1) is 13.5. The van der Waals surface area contributed by atoms with Crippen molar-refractivity contribution in [3.63, 3.8) is 0 Å². The van der Waals surface area contributed by atoms with Gasteiger partial charge in [0.25, 0.3) is 0 Å². The normalized spacial score (nSPS) is 11.8. The van der Waals surface area contributed by atoms with Crippen molar-refractivity contribution in [2.24, 2.45) is 0 Å². The van der Waals surface area contributed by atoms with Gasteiger partial charge in [-0.05, 0) is 47.4 Å². The predicted octanol–water partition coefficient (Wildman–Crippen LogP) is 3.08. The van der Waals surface area contributed by atoms with Gasteiger partial charge in [-0.3, -0.25) is 9.10 Å². The molecule has 2 aromatic carbocycles. The van der Waals surface area contributed by atoms with E-state index < -0.39 is 15.9 Å². The van der Waals surface area contributed by atoms with Crippen molar-refractivity contribution in [2.75, 3.05) is 30.3 Å². The molecule has 6 nitrogen and oxygen atoms in total. The van der Waals surface area contributed by atoms with E-state index in [-0.39, 0.29) is 30.9 Å². The summed E-state index contributed by atoms with van der Waals surface area (Å²) >= 11 is 0. The van der Waals surface area contributed by atoms with Gasteiger partial charge in [0.1, 0.15) is 24.7 Å². The Morgan fingerprint density at radius 1 is 1.07 bits per heavy atom. The van der Waals surface area contributed by atoms with Crippen molar-refractivity contribution in [1.29, 1.82) is 0 Å². The first-order valence-corrected chi connectivity index (χ1v) is 11.0. The maximum Gasteiger partial charge on any atom is 0.240 e. The Morgan fingerprint density at radius 2 is 1.66 bits per heavy atom. The van der Waals surface area contributed by atoms with Crippen LogP contribution in [0.5, 0.6) is 5.75 Å². The van der Waals surface area contributed by atoms with Gasteiger partial charge in [0, 0.05) is 0 Å². The highest BCUT2D eigenvalue weighted by Gasteiger charge is 2.21. The van der Waals surface area contributed by atoms with Crippen LogP contribution in [0.4, 0.5) is 10.1 Å². The zero-order valence-corrected chi connectivity index (χ0v) is 17.9. The van der Waals surface area contributed by atoms with E-state index >= 15 is 0 Å². The van der Waals surface area contributed by atoms with Gasteiger partial charge in [0.2, 0.25) is 15.9 Å². The highest BCUT2D eigenvalue weighted by molar-refractivity contribution is 7.92. The summed E-state index contributed by atoms with van der Waals surface area (Å²) in [6.45, 7) is 6.24. The Balaban J connectivity index is 1.94. The van der Waals surface area contributed by atoms with Crippen LogP contribution in [0.15, 0.2) is 48.5 Å². The second-order valence-electron chi connectivity index (χ2n) is 7.72. The fourth-order valence-electron chi connectivity index (χ4n) is 2.60. The van der Waals surface area contributed by atoms with E-state index in [9.17, 15) is 17.6 Å². The minimum atomic E-state index is -3.63. The highest BCUT2D eigenvalue weighted by Crippen LogP contribution is 2.25. The smallest absolute Gasteiger partial charge is 0.240 e. The van der Waals surface area contributed by atoms with E-state index in [0.717, 1.165) is 16.1 Å². The van der Waals surface area contributed by atoms with Crippen LogP contribution in [-0.2, 0) is 20.2 Å². The van der Waals surface area contributed by atoms with Crippen molar-refractivity contribution in [3.8, 4) is 5.75 Å². The summed E-state index contributed by atoms with van der Waals surface area (Å²) in [5, 5.41) is 2.63. The van der Waals surface area contributed by atoms with E-state index in [1.165, 1.54) is 24.3 Å². The van der Waals surface area contributed by atoms with E-state index in [1.54, 1.807) is 12.1 Å². The second-order valence-corrected chi connectivity index (χ2v) is 9.63. The van der Waals surface area contributed by atoms with Gasteiger partial charge in [-0.15, -0.1) is 0 Å². The molecule has 0 fully saturated rings. The van der Waals surface area contributed by atoms with Gasteiger partial charge in [-0.2, -0.15) is 0 Å². The van der Waals surface area contributed by atoms with Gasteiger partial charge >= 0.3 is 0 Å². The molecule has 8 heteroatoms. The maximum atomic E-state index is 12.9. The van der Waals surface area contributed by atoms with E-state index in [0.29, 0.717) is 11.4 Å². The number of nitrogens with one attached hydrogen (secondary N) is 1. The summed E-state index contributed by atoms with van der Waals surface area (Å²) in [6, 6.07) is 12.7. The quantitative estimate of drug-likeness (QED) is 0.664. The molecule has 0 heterocycles. The number of ether oxygens (including phenoxy) is 1. The van der Waals surface area contributed by atoms with Crippen molar-refractivity contribution in [2.45, 2.75) is 26.2 Å². The van der Waals surface area contributed by atoms with E-state index in [1.807, 2.05) is 12.1 Å². The number of anilines is 1. The second kappa shape index (κ2) is 9.26. The minimum absolute atomic E-state index is 0.0592. The Kier molecular flexibility index (Phi) is 7.24. The molecule has 0 saturated carbocycles. The molecule has 1 amide bonds. The molecule has 158 valence electrons. The lowest BCUT2D eigenvalue weighted by Crippen LogP contribution is -2.41. The number of carbonyl (C=O) groups is 1. The molecule has 0 radical (unpaired) electrons. The minimum Gasteiger partial charge on any atom is -0.492 e. The largest absolute Gasteiger partial charge is 0.492 e. The molecule has 0 atom stereocenters. The molecular formula is C21H27FN2O4S. The van der Waals surface area contributed by atoms with E-state index in [2.05, 4.69) is 26.1 Å². The number of halogens is 1. The summed E-state index contributed by atoms with van der Waals surface area (Å²) < 4.78 is 43.7. The van der Waals surface area contributed by atoms with Gasteiger partial charge in [0.15, 0.2) is 0 Å². The van der Waals surface area contributed by atoms with Crippen LogP contribution >= 0.6 is 0 Å². The van der Waals surface area contributed by atoms with Gasteiger partial charge in [-0.25, -0.2) is 12.8 Å². The Bertz CT molecular complexity index is 921. The van der Waals surface area contributed by atoms with Crippen molar-refractivity contribution in [1.82, 2.24) is 5.32 Å². The van der Waals surface area contributed by atoms with Crippen LogP contribution in [0.3, 0.4) is 0 Å². The Hall–Kier alpha value is -2.61. The highest BCUT2D eigenvalue weighted by atomic mass is 32.2. The van der Waals surface area contributed by atoms with E-state index in [4.69, 9.17) is 4.74 Å². The first kappa shape index (κ1) is 22.7. The number of benzene rings is 2. The number of carbonyl (C=O) groups excluding carboxylic acids is 1. The molecule has 0 aromatic heterocycles. The van der Waals surface area contributed by atoms with Crippen LogP contribution < -0.4 is 14.4 Å². The molecule has 0 aliphatic carbocycles. The molecule has 0 unspecified atom stereocenters. The summed E-state index contributed by atoms with van der Waals surface area (Å²) in [5.41, 5.74) is 1.44. The lowest BCUT2D eigenvalue weighted by molar-refractivity contribution is -0.119. The monoisotopic (exact) mass is 422 g/mol. The molecule has 0 spiro atoms. The van der Waals surface area contributed by atoms with Gasteiger partial charge in [0.05, 0.1) is 18.5 Å². The number of rotatable bonds is 8. The molecule has 0 saturated heterocycles. The topological polar surface area (TPSA) is 75.7 Å². The van der Waals surface area contributed by atoms with Crippen LogP contribution in [0, 0.1) is 5.82 Å². The third kappa shape index (κ3) is 7.05. The van der Waals surface area contributed by atoms with Gasteiger partial charge in [-0.1, -0.05) is 32.9 Å². The maximum absolute atomic E-state index is 12.9. The Morgan fingerprint density at radius 3 is 2.17 bits per heavy atom. The average molecular weight is 423 g/mol. The van der Waals surface area contributed by atoms with Crippen LogP contribution in [-0.4, -0.2) is 40.3 Å². The lowest BCUT2D eigenvalue weighted by atomic mass is 9.87. The number of sulfonamides is 1. The van der Waals surface area contributed by atoms with Crippen molar-refractivity contribution < 1.29 is 22.3 Å². The first-order valence-electron chi connectivity index (χ1n) is 9.20. The number of nitrogens with zero attached hydrogens (tertiary/aromatic N) is 1. The SMILES string of the molecule is CC(C)(C)c1ccc(N(CC(=O)NCCOc2ccc(F)cc2)S(C)(=O)=O)cc1. The molecule has 0 aliphatic rings. The third-order valence-corrected chi connectivity index (χ3v) is 5.36. The van der Waals surface area contributed by atoms with Crippen molar-refractivity contribution in [3.05, 3.63) is 59.9 Å². The predicted molar refractivity (Wildman–Crippen MR) is 112 cm³/mol. The summed E-state index contributed by atoms with van der Waals surface area (Å²) in [4.78, 5) is 12.2. The molecular weight excluding hydrogens is 395 g/mol. The summed E-state index contributed by atoms with van der Waals surface area (Å²) in [7, 11) is -3.63. The molecule has 0 aliphatic heterocycles. The van der Waals surface area contributed by atoms with Crippen LogP contribution in [0.1, 0.15) is 26.3 Å². The zero-order chi connectivity index (χ0) is 21.7. The number of amides is 1. The molecule has 29 heavy (non-hydrogen) atoms.